The number of rotatable bonds is 48. The number of phosphoric ester groups is 2. The van der Waals surface area contributed by atoms with Crippen LogP contribution < -0.4 is 11.4 Å². The standard InChI is InChI=1S/C57H99N3O17P2/c1-4-6-28-35-47(61)36-30-25-21-19-22-26-31-37-48(62)38-33-40-52(63)72-43-49(75-53(64)39-32-27-23-18-16-14-12-10-8-7-9-11-13-15-17-20-24-29-34-46(3)5-2)44-73-78(68,69)77-79(70,71)74-45-50-54(65)55(66)56(76-50)60-42-41-51(58)59-57(60)67/h21-22,25-26,30-31,36-37,41-42,46-50,54-56,61-62,65-66H,4-20,23-24,27-29,32-35,38-40,43-45H2,1-3H3,(H,68,69)(H,70,71)(H2,58,59,67)/b25-21-,26-22-,36-30+,37-31+/t46?,47-,48-,49+,50+,54+,55+,56+/m0/s1. The number of anilines is 1. The van der Waals surface area contributed by atoms with E-state index in [1.807, 2.05) is 24.3 Å². The molecule has 1 aliphatic heterocycles. The van der Waals surface area contributed by atoms with Crippen LogP contribution in [0.5, 0.6) is 0 Å². The minimum atomic E-state index is -5.48. The molecular formula is C57H99N3O17P2. The van der Waals surface area contributed by atoms with Crippen molar-refractivity contribution < 1.29 is 76.5 Å². The van der Waals surface area contributed by atoms with Crippen molar-refractivity contribution in [2.24, 2.45) is 5.92 Å². The number of allylic oxidation sites excluding steroid dienone is 6. The average molecular weight is 1160 g/mol. The minimum absolute atomic E-state index is 0.00280. The van der Waals surface area contributed by atoms with Gasteiger partial charge in [-0.15, -0.1) is 0 Å². The molecule has 2 heterocycles. The summed E-state index contributed by atoms with van der Waals surface area (Å²) in [4.78, 5) is 62.2. The molecule has 2 rings (SSSR count). The van der Waals surface area contributed by atoms with Crippen molar-refractivity contribution in [1.82, 2.24) is 9.55 Å². The SMILES string of the molecule is CCCCC[C@H](O)/C=C/C=C\C/C=C\C=C\[C@H](O)CCCC(=O)OC[C@H](COP(=O)(O)OP(=O)(O)OC[C@H]1O[C@@H](n2ccc(N)nc2=O)[C@H](O)[C@@H]1O)OC(=O)CCCCCCCCCCCCCCCCCCCCC(C)CC. The topological polar surface area (TPSA) is 306 Å². The number of carbonyl (C=O) groups excluding carboxylic acids is 2. The number of nitrogens with two attached hydrogens (primary N) is 1. The van der Waals surface area contributed by atoms with Gasteiger partial charge in [0.05, 0.1) is 25.4 Å². The molecule has 1 aromatic heterocycles. The van der Waals surface area contributed by atoms with E-state index in [2.05, 4.69) is 30.1 Å². The van der Waals surface area contributed by atoms with Crippen LogP contribution in [-0.4, -0.2) is 108 Å². The molecule has 1 saturated heterocycles. The Morgan fingerprint density at radius 2 is 1.20 bits per heavy atom. The van der Waals surface area contributed by atoms with E-state index in [1.54, 1.807) is 24.3 Å². The van der Waals surface area contributed by atoms with E-state index in [0.29, 0.717) is 12.8 Å². The highest BCUT2D eigenvalue weighted by atomic mass is 31.3. The Morgan fingerprint density at radius 3 is 1.75 bits per heavy atom. The van der Waals surface area contributed by atoms with Crippen LogP contribution in [0.3, 0.4) is 0 Å². The van der Waals surface area contributed by atoms with Crippen molar-refractivity contribution >= 4 is 33.4 Å². The molecule has 20 nitrogen and oxygen atoms in total. The summed E-state index contributed by atoms with van der Waals surface area (Å²) in [6.45, 7) is 4.24. The van der Waals surface area contributed by atoms with Crippen LogP contribution in [-0.2, 0) is 46.3 Å². The quantitative estimate of drug-likeness (QED) is 0.0138. The maximum Gasteiger partial charge on any atom is 0.481 e. The van der Waals surface area contributed by atoms with Gasteiger partial charge >= 0.3 is 33.3 Å². The van der Waals surface area contributed by atoms with Crippen LogP contribution in [0.25, 0.3) is 0 Å². The van der Waals surface area contributed by atoms with Crippen LogP contribution in [0.2, 0.25) is 0 Å². The summed E-state index contributed by atoms with van der Waals surface area (Å²) in [7, 11) is -10.9. The Labute approximate surface area is 470 Å². The van der Waals surface area contributed by atoms with Gasteiger partial charge in [0.15, 0.2) is 12.3 Å². The molecule has 0 aliphatic carbocycles. The van der Waals surface area contributed by atoms with Crippen LogP contribution >= 0.6 is 15.6 Å². The van der Waals surface area contributed by atoms with Gasteiger partial charge in [0.25, 0.3) is 0 Å². The third-order valence-corrected chi connectivity index (χ3v) is 16.3. The van der Waals surface area contributed by atoms with Gasteiger partial charge in [0.1, 0.15) is 30.7 Å². The number of aliphatic hydroxyl groups is 4. The zero-order chi connectivity index (χ0) is 58.2. The Morgan fingerprint density at radius 1 is 0.696 bits per heavy atom. The minimum Gasteiger partial charge on any atom is -0.462 e. The monoisotopic (exact) mass is 1160 g/mol. The fourth-order valence-electron chi connectivity index (χ4n) is 8.68. The average Bonchev–Trinajstić information content (AvgIpc) is 3.72. The highest BCUT2D eigenvalue weighted by molar-refractivity contribution is 7.61. The molecule has 0 aromatic carbocycles. The largest absolute Gasteiger partial charge is 0.481 e. The van der Waals surface area contributed by atoms with E-state index in [4.69, 9.17) is 29.0 Å². The smallest absolute Gasteiger partial charge is 0.462 e. The number of nitrogen functional groups attached to an aromatic ring is 1. The number of nitrogens with zero attached hydrogens (tertiary/aromatic N) is 2. The lowest BCUT2D eigenvalue weighted by Gasteiger charge is -2.21. The highest BCUT2D eigenvalue weighted by Crippen LogP contribution is 2.60. The number of unbranched alkanes of at least 4 members (excludes halogenated alkanes) is 19. The first-order chi connectivity index (χ1) is 37.9. The zero-order valence-corrected chi connectivity index (χ0v) is 49.3. The molecule has 0 saturated carbocycles. The fraction of sp³-hybridized carbons (Fsp3) is 0.754. The van der Waals surface area contributed by atoms with Crippen molar-refractivity contribution in [2.45, 2.75) is 250 Å². The number of aromatic nitrogens is 2. The normalized spacial score (nSPS) is 20.0. The molecule has 22 heteroatoms. The molecule has 3 unspecified atom stereocenters. The summed E-state index contributed by atoms with van der Waals surface area (Å²) < 4.78 is 56.8. The molecule has 1 aliphatic rings. The third-order valence-electron chi connectivity index (χ3n) is 13.7. The second-order valence-electron chi connectivity index (χ2n) is 20.8. The number of phosphoric acid groups is 2. The number of esters is 2. The first-order valence-electron chi connectivity index (χ1n) is 29.3. The number of hydrogen-bond donors (Lipinski definition) is 7. The summed E-state index contributed by atoms with van der Waals surface area (Å²) in [5.41, 5.74) is 4.58. The number of ether oxygens (including phenoxy) is 3. The summed E-state index contributed by atoms with van der Waals surface area (Å²) in [5.74, 6) is -0.667. The van der Waals surface area contributed by atoms with Crippen LogP contribution in [0.1, 0.15) is 213 Å². The third kappa shape index (κ3) is 36.0. The van der Waals surface area contributed by atoms with E-state index in [9.17, 15) is 53.7 Å². The molecule has 1 aromatic rings. The van der Waals surface area contributed by atoms with Gasteiger partial charge in [0.2, 0.25) is 0 Å². The molecule has 0 amide bonds. The summed E-state index contributed by atoms with van der Waals surface area (Å²) in [6, 6.07) is 1.24. The van der Waals surface area contributed by atoms with Crippen molar-refractivity contribution in [3.63, 3.8) is 0 Å². The van der Waals surface area contributed by atoms with Gasteiger partial charge in [-0.2, -0.15) is 9.29 Å². The van der Waals surface area contributed by atoms with Gasteiger partial charge in [-0.1, -0.05) is 211 Å². The van der Waals surface area contributed by atoms with Gasteiger partial charge in [-0.3, -0.25) is 23.2 Å². The Bertz CT molecular complexity index is 2070. The molecule has 8 N–H and O–H groups in total. The second kappa shape index (κ2) is 43.3. The van der Waals surface area contributed by atoms with E-state index in [-0.39, 0.29) is 31.5 Å². The van der Waals surface area contributed by atoms with Crippen LogP contribution in [0.15, 0.2) is 65.7 Å². The molecule has 0 spiro atoms. The number of aliphatic hydroxyl groups excluding tert-OH is 4. The molecule has 79 heavy (non-hydrogen) atoms. The van der Waals surface area contributed by atoms with E-state index >= 15 is 0 Å². The van der Waals surface area contributed by atoms with Gasteiger partial charge in [-0.05, 0) is 44.1 Å². The van der Waals surface area contributed by atoms with Crippen molar-refractivity contribution in [3.8, 4) is 0 Å². The van der Waals surface area contributed by atoms with Gasteiger partial charge in [-0.25, -0.2) is 13.9 Å². The van der Waals surface area contributed by atoms with E-state index in [0.717, 1.165) is 68.0 Å². The van der Waals surface area contributed by atoms with E-state index in [1.165, 1.54) is 102 Å². The van der Waals surface area contributed by atoms with Gasteiger partial charge in [0, 0.05) is 19.0 Å². The Hall–Kier alpha value is -3.36. The number of carbonyl (C=O) groups is 2. The lowest BCUT2D eigenvalue weighted by atomic mass is 9.99. The van der Waals surface area contributed by atoms with Crippen molar-refractivity contribution in [1.29, 1.82) is 0 Å². The van der Waals surface area contributed by atoms with E-state index < -0.39 is 95.9 Å². The molecule has 1 fully saturated rings. The molecule has 0 bridgehead atoms. The first kappa shape index (κ1) is 71.7. The summed E-state index contributed by atoms with van der Waals surface area (Å²) in [6.07, 6.45) is 35.2. The lowest BCUT2D eigenvalue weighted by molar-refractivity contribution is -0.161. The summed E-state index contributed by atoms with van der Waals surface area (Å²) in [5, 5.41) is 41.3. The van der Waals surface area contributed by atoms with Crippen molar-refractivity contribution in [3.05, 3.63) is 71.4 Å². The number of hydrogen-bond acceptors (Lipinski definition) is 17. The lowest BCUT2D eigenvalue weighted by Crippen LogP contribution is -2.36. The Kier molecular flexibility index (Phi) is 39.4. The first-order valence-corrected chi connectivity index (χ1v) is 32.3. The van der Waals surface area contributed by atoms with Crippen LogP contribution in [0, 0.1) is 5.92 Å². The molecule has 0 radical (unpaired) electrons. The predicted molar refractivity (Wildman–Crippen MR) is 305 cm³/mol. The van der Waals surface area contributed by atoms with Crippen LogP contribution in [0.4, 0.5) is 5.82 Å². The molecule has 454 valence electrons. The van der Waals surface area contributed by atoms with Gasteiger partial charge < -0.3 is 50.2 Å². The molecular weight excluding hydrogens is 1060 g/mol. The predicted octanol–water partition coefficient (Wildman–Crippen LogP) is 11.1. The maximum absolute atomic E-state index is 12.9. The second-order valence-corrected chi connectivity index (χ2v) is 23.8. The van der Waals surface area contributed by atoms with Crippen molar-refractivity contribution in [2.75, 3.05) is 25.6 Å². The molecule has 10 atom stereocenters. The zero-order valence-electron chi connectivity index (χ0n) is 47.6. The maximum atomic E-state index is 12.9. The Balaban J connectivity index is 1.80. The highest BCUT2D eigenvalue weighted by Gasteiger charge is 2.46. The summed E-state index contributed by atoms with van der Waals surface area (Å²) >= 11 is 0. The fourth-order valence-corrected chi connectivity index (χ4v) is 10.8.